The van der Waals surface area contributed by atoms with E-state index in [2.05, 4.69) is 36.2 Å². The molecule has 0 aliphatic carbocycles. The van der Waals surface area contributed by atoms with Gasteiger partial charge in [-0.3, -0.25) is 14.2 Å². The maximum absolute atomic E-state index is 14.8. The Morgan fingerprint density at radius 1 is 1.06 bits per heavy atom. The highest BCUT2D eigenvalue weighted by Crippen LogP contribution is 2.40. The van der Waals surface area contributed by atoms with E-state index in [1.165, 1.54) is 18.2 Å². The van der Waals surface area contributed by atoms with Gasteiger partial charge in [-0.15, -0.1) is 10.2 Å². The summed E-state index contributed by atoms with van der Waals surface area (Å²) in [5.74, 6) is -0.361. The summed E-state index contributed by atoms with van der Waals surface area (Å²) in [7, 11) is 1.80. The van der Waals surface area contributed by atoms with Gasteiger partial charge in [0, 0.05) is 23.3 Å². The predicted octanol–water partition coefficient (Wildman–Crippen LogP) is 5.27. The molecule has 0 amide bonds. The lowest BCUT2D eigenvalue weighted by Gasteiger charge is -2.16. The zero-order valence-corrected chi connectivity index (χ0v) is 18.7. The van der Waals surface area contributed by atoms with Gasteiger partial charge in [-0.25, -0.2) is 8.78 Å². The zero-order valence-electron chi connectivity index (χ0n) is 16.3. The Morgan fingerprint density at radius 2 is 1.81 bits per heavy atom. The molecule has 3 heterocycles. The van der Waals surface area contributed by atoms with E-state index in [9.17, 15) is 8.78 Å². The van der Waals surface area contributed by atoms with Crippen molar-refractivity contribution < 1.29 is 8.78 Å². The van der Waals surface area contributed by atoms with Crippen molar-refractivity contribution in [1.82, 2.24) is 24.5 Å². The Bertz CT molecular complexity index is 1360. The minimum absolute atomic E-state index is 0.148. The second-order valence-electron chi connectivity index (χ2n) is 7.13. The maximum Gasteiger partial charge on any atom is 0.171 e. The number of hydrogen-bond acceptors (Lipinski definition) is 4. The number of rotatable bonds is 2. The van der Waals surface area contributed by atoms with E-state index in [1.807, 2.05) is 10.8 Å². The molecule has 0 fully saturated rings. The smallest absolute Gasteiger partial charge is 0.171 e. The third kappa shape index (κ3) is 3.11. The minimum atomic E-state index is -0.714. The van der Waals surface area contributed by atoms with Crippen molar-refractivity contribution >= 4 is 33.2 Å². The first kappa shape index (κ1) is 20.0. The lowest BCUT2D eigenvalue weighted by molar-refractivity contribution is 0.578. The third-order valence-electron chi connectivity index (χ3n) is 5.10. The van der Waals surface area contributed by atoms with Crippen LogP contribution >= 0.6 is 27.5 Å². The van der Waals surface area contributed by atoms with E-state index < -0.39 is 17.7 Å². The van der Waals surface area contributed by atoms with Crippen molar-refractivity contribution in [2.75, 3.05) is 0 Å². The van der Waals surface area contributed by atoms with Crippen molar-refractivity contribution in [3.05, 3.63) is 80.8 Å². The van der Waals surface area contributed by atoms with Crippen LogP contribution in [-0.4, -0.2) is 30.3 Å². The third-order valence-corrected chi connectivity index (χ3v) is 6.46. The van der Waals surface area contributed by atoms with Gasteiger partial charge in [0.25, 0.3) is 0 Å². The molecular weight excluding hydrogens is 490 g/mol. The second-order valence-corrected chi connectivity index (χ2v) is 8.33. The molecule has 5 rings (SSSR count). The summed E-state index contributed by atoms with van der Waals surface area (Å²) in [6.07, 6.45) is 3.49. The SMILES string of the molecule is C[C@@H]1N=C(c2c(F)cccc2F)c2c(ccc(Cl)c2Br)-n2c(-c3cnn(C)c3)nnc21. The predicted molar refractivity (Wildman–Crippen MR) is 117 cm³/mol. The van der Waals surface area contributed by atoms with Crippen molar-refractivity contribution in [3.8, 4) is 17.1 Å². The highest BCUT2D eigenvalue weighted by molar-refractivity contribution is 9.10. The van der Waals surface area contributed by atoms with Crippen LogP contribution < -0.4 is 0 Å². The first-order valence-electron chi connectivity index (χ1n) is 9.32. The van der Waals surface area contributed by atoms with Crippen molar-refractivity contribution in [2.45, 2.75) is 13.0 Å². The van der Waals surface area contributed by atoms with Crippen LogP contribution in [0, 0.1) is 11.6 Å². The van der Waals surface area contributed by atoms with Gasteiger partial charge in [-0.05, 0) is 47.1 Å². The summed E-state index contributed by atoms with van der Waals surface area (Å²) >= 11 is 9.89. The monoisotopic (exact) mass is 502 g/mol. The highest BCUT2D eigenvalue weighted by Gasteiger charge is 2.31. The summed E-state index contributed by atoms with van der Waals surface area (Å²) in [6, 6.07) is 6.66. The number of benzene rings is 2. The van der Waals surface area contributed by atoms with E-state index in [0.717, 1.165) is 5.56 Å². The van der Waals surface area contributed by atoms with Gasteiger partial charge in [-0.1, -0.05) is 17.7 Å². The maximum atomic E-state index is 14.8. The average Bonchev–Trinajstić information content (AvgIpc) is 3.32. The molecule has 2 aromatic heterocycles. The Hall–Kier alpha value is -2.91. The van der Waals surface area contributed by atoms with Crippen molar-refractivity contribution in [1.29, 1.82) is 0 Å². The van der Waals surface area contributed by atoms with E-state index in [4.69, 9.17) is 11.6 Å². The number of hydrogen-bond donors (Lipinski definition) is 0. The molecule has 1 aliphatic heterocycles. The van der Waals surface area contributed by atoms with Gasteiger partial charge in [0.15, 0.2) is 11.6 Å². The Labute approximate surface area is 189 Å². The fraction of sp³-hybridized carbons (Fsp3) is 0.143. The van der Waals surface area contributed by atoms with Crippen LogP contribution in [0.15, 0.2) is 52.2 Å². The van der Waals surface area contributed by atoms with Crippen molar-refractivity contribution in [2.24, 2.45) is 12.0 Å². The van der Waals surface area contributed by atoms with Gasteiger partial charge in [0.1, 0.15) is 17.7 Å². The van der Waals surface area contributed by atoms with E-state index >= 15 is 0 Å². The molecule has 0 unspecified atom stereocenters. The van der Waals surface area contributed by atoms with E-state index in [0.29, 0.717) is 32.4 Å². The molecule has 1 aliphatic rings. The molecular formula is C21H14BrClF2N6. The van der Waals surface area contributed by atoms with Gasteiger partial charge in [0.05, 0.1) is 33.7 Å². The summed E-state index contributed by atoms with van der Waals surface area (Å²) in [5, 5.41) is 13.3. The van der Waals surface area contributed by atoms with Crippen LogP contribution in [0.4, 0.5) is 8.78 Å². The van der Waals surface area contributed by atoms with E-state index in [1.54, 1.807) is 37.0 Å². The number of halogens is 4. The standard InChI is InChI=1S/C21H14BrClF2N6/c1-10-20-28-29-21(11-8-26-30(2)9-11)31(20)15-7-6-12(23)18(22)17(15)19(27-10)16-13(24)4-3-5-14(16)25/h3-10H,1-2H3/t10-/m0/s1. The number of aryl methyl sites for hydroxylation is 1. The Kier molecular flexibility index (Phi) is 4.75. The van der Waals surface area contributed by atoms with Crippen LogP contribution in [0.1, 0.15) is 29.9 Å². The second kappa shape index (κ2) is 7.35. The van der Waals surface area contributed by atoms with Crippen LogP contribution in [0.25, 0.3) is 17.1 Å². The summed E-state index contributed by atoms with van der Waals surface area (Å²) in [6.45, 7) is 1.80. The van der Waals surface area contributed by atoms with Gasteiger partial charge in [-0.2, -0.15) is 5.10 Å². The fourth-order valence-electron chi connectivity index (χ4n) is 3.71. The Morgan fingerprint density at radius 3 is 2.48 bits per heavy atom. The van der Waals surface area contributed by atoms with Gasteiger partial charge < -0.3 is 0 Å². The summed E-state index contributed by atoms with van der Waals surface area (Å²) in [4.78, 5) is 4.67. The van der Waals surface area contributed by atoms with Crippen LogP contribution in [0.3, 0.4) is 0 Å². The van der Waals surface area contributed by atoms with Gasteiger partial charge >= 0.3 is 0 Å². The largest absolute Gasteiger partial charge is 0.276 e. The molecule has 156 valence electrons. The van der Waals surface area contributed by atoms with Gasteiger partial charge in [0.2, 0.25) is 0 Å². The average molecular weight is 504 g/mol. The number of aromatic nitrogens is 5. The van der Waals surface area contributed by atoms with Crippen LogP contribution in [-0.2, 0) is 7.05 Å². The van der Waals surface area contributed by atoms with Crippen LogP contribution in [0.2, 0.25) is 5.02 Å². The Balaban J connectivity index is 1.87. The van der Waals surface area contributed by atoms with Crippen LogP contribution in [0.5, 0.6) is 0 Å². The molecule has 0 saturated heterocycles. The summed E-state index contributed by atoms with van der Waals surface area (Å²) in [5.41, 5.74) is 1.72. The quantitative estimate of drug-likeness (QED) is 0.374. The molecule has 0 N–H and O–H groups in total. The summed E-state index contributed by atoms with van der Waals surface area (Å²) < 4.78 is 33.6. The molecule has 0 radical (unpaired) electrons. The topological polar surface area (TPSA) is 60.9 Å². The molecule has 2 aromatic carbocycles. The zero-order chi connectivity index (χ0) is 21.9. The molecule has 1 atom stereocenters. The fourth-order valence-corrected chi connectivity index (χ4v) is 4.39. The lowest BCUT2D eigenvalue weighted by Crippen LogP contribution is -2.13. The molecule has 0 bridgehead atoms. The van der Waals surface area contributed by atoms with E-state index in [-0.39, 0.29) is 11.3 Å². The molecule has 0 saturated carbocycles. The highest BCUT2D eigenvalue weighted by atomic mass is 79.9. The lowest BCUT2D eigenvalue weighted by atomic mass is 9.99. The normalized spacial score (nSPS) is 15.3. The molecule has 31 heavy (non-hydrogen) atoms. The molecule has 4 aromatic rings. The molecule has 6 nitrogen and oxygen atoms in total. The molecule has 10 heteroatoms. The number of nitrogens with zero attached hydrogens (tertiary/aromatic N) is 6. The first-order chi connectivity index (χ1) is 14.9. The molecule has 0 spiro atoms. The van der Waals surface area contributed by atoms with Crippen molar-refractivity contribution in [3.63, 3.8) is 0 Å². The first-order valence-corrected chi connectivity index (χ1v) is 10.5. The minimum Gasteiger partial charge on any atom is -0.276 e. The number of fused-ring (bicyclic) bond motifs is 3. The number of aliphatic imine (C=N–C) groups is 1.